The molecule has 18 heavy (non-hydrogen) atoms. The van der Waals surface area contributed by atoms with Crippen LogP contribution < -0.4 is 10.6 Å². The summed E-state index contributed by atoms with van der Waals surface area (Å²) < 4.78 is 0. The Bertz CT molecular complexity index is 470. The van der Waals surface area contributed by atoms with Gasteiger partial charge in [0.1, 0.15) is 0 Å². The van der Waals surface area contributed by atoms with Gasteiger partial charge >= 0.3 is 0 Å². The van der Waals surface area contributed by atoms with Gasteiger partial charge in [-0.2, -0.15) is 0 Å². The molecular formula is C15H20N2O. The van der Waals surface area contributed by atoms with E-state index < -0.39 is 0 Å². The van der Waals surface area contributed by atoms with E-state index >= 15 is 0 Å². The average Bonchev–Trinajstić information content (AvgIpc) is 2.75. The molecule has 0 radical (unpaired) electrons. The van der Waals surface area contributed by atoms with Crippen LogP contribution in [-0.2, 0) is 11.2 Å². The maximum Gasteiger partial charge on any atom is 0.224 e. The van der Waals surface area contributed by atoms with Crippen molar-refractivity contribution in [1.82, 2.24) is 0 Å². The Balaban J connectivity index is 1.72. The molecule has 0 bridgehead atoms. The minimum absolute atomic E-state index is 0.132. The minimum atomic E-state index is 0.132. The SMILES string of the molecule is CC1CCC(Nc2ccc3c(c2)CCC(=O)N3)C1. The number of carbonyl (C=O) groups is 1. The molecule has 3 heteroatoms. The van der Waals surface area contributed by atoms with Gasteiger partial charge in [0.05, 0.1) is 0 Å². The number of fused-ring (bicyclic) bond motifs is 1. The Morgan fingerprint density at radius 1 is 1.28 bits per heavy atom. The molecule has 0 aromatic heterocycles. The second-order valence-corrected chi connectivity index (χ2v) is 5.68. The summed E-state index contributed by atoms with van der Waals surface area (Å²) in [5.74, 6) is 0.979. The number of benzene rings is 1. The summed E-state index contributed by atoms with van der Waals surface area (Å²) in [7, 11) is 0. The Morgan fingerprint density at radius 3 is 2.94 bits per heavy atom. The highest BCUT2D eigenvalue weighted by molar-refractivity contribution is 5.94. The van der Waals surface area contributed by atoms with Crippen LogP contribution in [0.2, 0.25) is 0 Å². The van der Waals surface area contributed by atoms with Crippen molar-refractivity contribution in [3.63, 3.8) is 0 Å². The molecule has 0 saturated heterocycles. The molecule has 1 heterocycles. The van der Waals surface area contributed by atoms with Gasteiger partial charge in [-0.15, -0.1) is 0 Å². The first-order valence-corrected chi connectivity index (χ1v) is 6.90. The van der Waals surface area contributed by atoms with E-state index in [-0.39, 0.29) is 5.91 Å². The lowest BCUT2D eigenvalue weighted by atomic mass is 10.0. The van der Waals surface area contributed by atoms with Crippen LogP contribution in [0.4, 0.5) is 11.4 Å². The van der Waals surface area contributed by atoms with Crippen molar-refractivity contribution in [3.05, 3.63) is 23.8 Å². The summed E-state index contributed by atoms with van der Waals surface area (Å²) in [5.41, 5.74) is 3.44. The van der Waals surface area contributed by atoms with Crippen LogP contribution in [0.25, 0.3) is 0 Å². The Morgan fingerprint density at radius 2 is 2.17 bits per heavy atom. The molecule has 0 spiro atoms. The highest BCUT2D eigenvalue weighted by Gasteiger charge is 2.21. The zero-order chi connectivity index (χ0) is 12.5. The third-order valence-corrected chi connectivity index (χ3v) is 4.07. The highest BCUT2D eigenvalue weighted by atomic mass is 16.1. The first-order chi connectivity index (χ1) is 8.70. The van der Waals surface area contributed by atoms with Crippen molar-refractivity contribution < 1.29 is 4.79 Å². The summed E-state index contributed by atoms with van der Waals surface area (Å²) >= 11 is 0. The normalized spacial score (nSPS) is 26.6. The quantitative estimate of drug-likeness (QED) is 0.839. The molecular weight excluding hydrogens is 224 g/mol. The van der Waals surface area contributed by atoms with E-state index in [2.05, 4.69) is 29.7 Å². The highest BCUT2D eigenvalue weighted by Crippen LogP contribution is 2.30. The van der Waals surface area contributed by atoms with Crippen LogP contribution in [-0.4, -0.2) is 11.9 Å². The fraction of sp³-hybridized carbons (Fsp3) is 0.533. The van der Waals surface area contributed by atoms with E-state index in [1.165, 1.54) is 30.5 Å². The van der Waals surface area contributed by atoms with Gasteiger partial charge in [-0.25, -0.2) is 0 Å². The number of rotatable bonds is 2. The fourth-order valence-electron chi connectivity index (χ4n) is 3.05. The zero-order valence-corrected chi connectivity index (χ0v) is 10.8. The number of anilines is 2. The third-order valence-electron chi connectivity index (χ3n) is 4.07. The summed E-state index contributed by atoms with van der Waals surface area (Å²) in [4.78, 5) is 11.3. The molecule has 2 N–H and O–H groups in total. The lowest BCUT2D eigenvalue weighted by molar-refractivity contribution is -0.116. The Hall–Kier alpha value is -1.51. The van der Waals surface area contributed by atoms with Crippen LogP contribution in [0, 0.1) is 5.92 Å². The van der Waals surface area contributed by atoms with Crippen molar-refractivity contribution in [3.8, 4) is 0 Å². The summed E-state index contributed by atoms with van der Waals surface area (Å²) in [6.07, 6.45) is 5.34. The van der Waals surface area contributed by atoms with Gasteiger partial charge < -0.3 is 10.6 Å². The van der Waals surface area contributed by atoms with Crippen LogP contribution >= 0.6 is 0 Å². The van der Waals surface area contributed by atoms with Crippen molar-refractivity contribution in [2.75, 3.05) is 10.6 Å². The summed E-state index contributed by atoms with van der Waals surface area (Å²) in [5, 5.41) is 6.54. The molecule has 2 unspecified atom stereocenters. The molecule has 2 atom stereocenters. The number of carbonyl (C=O) groups excluding carboxylic acids is 1. The second kappa shape index (κ2) is 4.63. The van der Waals surface area contributed by atoms with Crippen molar-refractivity contribution in [2.45, 2.75) is 45.1 Å². The summed E-state index contributed by atoms with van der Waals surface area (Å²) in [6.45, 7) is 2.32. The maximum atomic E-state index is 11.3. The number of hydrogen-bond acceptors (Lipinski definition) is 2. The molecule has 1 aromatic carbocycles. The smallest absolute Gasteiger partial charge is 0.224 e. The van der Waals surface area contributed by atoms with E-state index in [4.69, 9.17) is 0 Å². The molecule has 3 nitrogen and oxygen atoms in total. The first-order valence-electron chi connectivity index (χ1n) is 6.90. The van der Waals surface area contributed by atoms with Gasteiger partial charge in [-0.3, -0.25) is 4.79 Å². The van der Waals surface area contributed by atoms with E-state index in [1.807, 2.05) is 6.07 Å². The predicted molar refractivity (Wildman–Crippen MR) is 73.8 cm³/mol. The van der Waals surface area contributed by atoms with Crippen LogP contribution in [0.5, 0.6) is 0 Å². The molecule has 1 amide bonds. The Kier molecular flexibility index (Phi) is 2.98. The lowest BCUT2D eigenvalue weighted by Gasteiger charge is -2.20. The third kappa shape index (κ3) is 2.35. The van der Waals surface area contributed by atoms with Crippen molar-refractivity contribution in [1.29, 1.82) is 0 Å². The number of aryl methyl sites for hydroxylation is 1. The van der Waals surface area contributed by atoms with Crippen LogP contribution in [0.3, 0.4) is 0 Å². The second-order valence-electron chi connectivity index (χ2n) is 5.68. The lowest BCUT2D eigenvalue weighted by Crippen LogP contribution is -2.20. The standard InChI is InChI=1S/C15H20N2O/c1-10-2-4-12(8-10)16-13-5-6-14-11(9-13)3-7-15(18)17-14/h5-6,9-10,12,16H,2-4,7-8H2,1H3,(H,17,18). The molecule has 1 aromatic rings. The van der Waals surface area contributed by atoms with Crippen LogP contribution in [0.1, 0.15) is 38.2 Å². The first kappa shape index (κ1) is 11.6. The molecule has 1 saturated carbocycles. The monoisotopic (exact) mass is 244 g/mol. The van der Waals surface area contributed by atoms with Crippen molar-refractivity contribution in [2.24, 2.45) is 5.92 Å². The average molecular weight is 244 g/mol. The van der Waals surface area contributed by atoms with Gasteiger partial charge in [-0.05, 0) is 55.4 Å². The predicted octanol–water partition coefficient (Wildman–Crippen LogP) is 3.17. The maximum absolute atomic E-state index is 11.3. The minimum Gasteiger partial charge on any atom is -0.382 e. The van der Waals surface area contributed by atoms with Gasteiger partial charge in [0, 0.05) is 23.8 Å². The van der Waals surface area contributed by atoms with E-state index in [0.717, 1.165) is 18.0 Å². The summed E-state index contributed by atoms with van der Waals surface area (Å²) in [6, 6.07) is 6.91. The molecule has 1 aliphatic carbocycles. The van der Waals surface area contributed by atoms with Gasteiger partial charge in [0.25, 0.3) is 0 Å². The molecule has 3 rings (SSSR count). The van der Waals surface area contributed by atoms with Crippen molar-refractivity contribution >= 4 is 17.3 Å². The molecule has 96 valence electrons. The zero-order valence-electron chi connectivity index (χ0n) is 10.8. The van der Waals surface area contributed by atoms with Gasteiger partial charge in [0.15, 0.2) is 0 Å². The van der Waals surface area contributed by atoms with E-state index in [0.29, 0.717) is 12.5 Å². The van der Waals surface area contributed by atoms with Crippen LogP contribution in [0.15, 0.2) is 18.2 Å². The van der Waals surface area contributed by atoms with Gasteiger partial charge in [0.2, 0.25) is 5.91 Å². The van der Waals surface area contributed by atoms with Gasteiger partial charge in [-0.1, -0.05) is 6.92 Å². The number of hydrogen-bond donors (Lipinski definition) is 2. The fourth-order valence-corrected chi connectivity index (χ4v) is 3.05. The van der Waals surface area contributed by atoms with E-state index in [1.54, 1.807) is 0 Å². The topological polar surface area (TPSA) is 41.1 Å². The Labute approximate surface area is 108 Å². The molecule has 1 aliphatic heterocycles. The largest absolute Gasteiger partial charge is 0.382 e. The molecule has 2 aliphatic rings. The van der Waals surface area contributed by atoms with E-state index in [9.17, 15) is 4.79 Å². The molecule has 1 fully saturated rings. The number of nitrogens with one attached hydrogen (secondary N) is 2. The number of amides is 1.